The number of amides is 1. The van der Waals surface area contributed by atoms with Crippen molar-refractivity contribution in [3.05, 3.63) is 35.9 Å². The lowest BCUT2D eigenvalue weighted by atomic mass is 10.0. The fourth-order valence-electron chi connectivity index (χ4n) is 4.89. The van der Waals surface area contributed by atoms with Gasteiger partial charge in [-0.2, -0.15) is 0 Å². The van der Waals surface area contributed by atoms with Crippen molar-refractivity contribution in [3.8, 4) is 0 Å². The summed E-state index contributed by atoms with van der Waals surface area (Å²) < 4.78 is 5.21. The van der Waals surface area contributed by atoms with Crippen LogP contribution in [-0.2, 0) is 25.5 Å². The smallest absolute Gasteiger partial charge is 0.326 e. The number of nitrogens with zero attached hydrogens (tertiary/aromatic N) is 1. The maximum absolute atomic E-state index is 13.2. The maximum Gasteiger partial charge on any atom is 0.326 e. The van der Waals surface area contributed by atoms with Gasteiger partial charge in [0, 0.05) is 6.04 Å². The van der Waals surface area contributed by atoms with E-state index < -0.39 is 24.1 Å². The predicted octanol–water partition coefficient (Wildman–Crippen LogP) is 2.38. The van der Waals surface area contributed by atoms with Gasteiger partial charge in [-0.15, -0.1) is 0 Å². The largest absolute Gasteiger partial charge is 0.480 e. The number of carbonyl (C=O) groups excluding carboxylic acids is 2. The number of hydrogen-bond donors (Lipinski definition) is 2. The van der Waals surface area contributed by atoms with Gasteiger partial charge in [0.2, 0.25) is 5.91 Å². The number of rotatable bonds is 9. The minimum atomic E-state index is -0.948. The molecule has 1 amide bonds. The Morgan fingerprint density at radius 2 is 1.97 bits per heavy atom. The number of carboxylic acids is 1. The molecule has 164 valence electrons. The molecule has 2 fully saturated rings. The molecular weight excluding hydrogens is 384 g/mol. The molecule has 0 unspecified atom stereocenters. The number of likely N-dealkylation sites (tertiary alicyclic amines) is 1. The number of nitrogens with one attached hydrogen (secondary N) is 1. The van der Waals surface area contributed by atoms with Gasteiger partial charge in [0.05, 0.1) is 12.6 Å². The predicted molar refractivity (Wildman–Crippen MR) is 112 cm³/mol. The van der Waals surface area contributed by atoms with Gasteiger partial charge in [0.15, 0.2) is 0 Å². The van der Waals surface area contributed by atoms with Crippen LogP contribution in [0.15, 0.2) is 30.3 Å². The summed E-state index contributed by atoms with van der Waals surface area (Å²) in [7, 11) is 0. The first-order chi connectivity index (χ1) is 14.4. The molecule has 1 saturated heterocycles. The summed E-state index contributed by atoms with van der Waals surface area (Å²) >= 11 is 0. The second-order valence-corrected chi connectivity index (χ2v) is 8.31. The molecule has 1 aromatic carbocycles. The molecule has 0 bridgehead atoms. The van der Waals surface area contributed by atoms with Gasteiger partial charge in [-0.1, -0.05) is 36.8 Å². The zero-order valence-corrected chi connectivity index (χ0v) is 17.8. The van der Waals surface area contributed by atoms with Crippen LogP contribution >= 0.6 is 0 Å². The molecule has 0 spiro atoms. The monoisotopic (exact) mass is 416 g/mol. The van der Waals surface area contributed by atoms with E-state index >= 15 is 0 Å². The molecule has 1 heterocycles. The summed E-state index contributed by atoms with van der Waals surface area (Å²) in [5.41, 5.74) is 1.10. The molecule has 2 N–H and O–H groups in total. The van der Waals surface area contributed by atoms with E-state index in [0.717, 1.165) is 24.8 Å². The summed E-state index contributed by atoms with van der Waals surface area (Å²) in [6, 6.07) is 7.76. The fraction of sp³-hybridized carbons (Fsp3) is 0.609. The van der Waals surface area contributed by atoms with Gasteiger partial charge in [0.1, 0.15) is 12.1 Å². The summed E-state index contributed by atoms with van der Waals surface area (Å²) in [4.78, 5) is 39.1. The van der Waals surface area contributed by atoms with Crippen molar-refractivity contribution >= 4 is 17.8 Å². The Bertz CT molecular complexity index is 753. The fourth-order valence-corrected chi connectivity index (χ4v) is 4.89. The Hall–Kier alpha value is -2.41. The van der Waals surface area contributed by atoms with Crippen molar-refractivity contribution in [1.82, 2.24) is 10.2 Å². The van der Waals surface area contributed by atoms with E-state index in [1.54, 1.807) is 18.7 Å². The van der Waals surface area contributed by atoms with E-state index in [-0.39, 0.29) is 30.4 Å². The Balaban J connectivity index is 1.68. The highest BCUT2D eigenvalue weighted by atomic mass is 16.5. The Labute approximate surface area is 177 Å². The molecule has 30 heavy (non-hydrogen) atoms. The van der Waals surface area contributed by atoms with E-state index in [1.807, 2.05) is 30.3 Å². The minimum absolute atomic E-state index is 0.00629. The van der Waals surface area contributed by atoms with E-state index in [9.17, 15) is 19.5 Å². The quantitative estimate of drug-likeness (QED) is 0.600. The van der Waals surface area contributed by atoms with Gasteiger partial charge < -0.3 is 14.7 Å². The van der Waals surface area contributed by atoms with Crippen LogP contribution in [0.25, 0.3) is 0 Å². The van der Waals surface area contributed by atoms with Crippen LogP contribution in [0.3, 0.4) is 0 Å². The van der Waals surface area contributed by atoms with Crippen LogP contribution in [0.1, 0.15) is 51.5 Å². The normalized spacial score (nSPS) is 24.9. The number of hydrogen-bond acceptors (Lipinski definition) is 5. The summed E-state index contributed by atoms with van der Waals surface area (Å²) in [6.07, 6.45) is 4.54. The lowest BCUT2D eigenvalue weighted by Gasteiger charge is -2.31. The molecule has 1 saturated carbocycles. The van der Waals surface area contributed by atoms with E-state index in [2.05, 4.69) is 5.32 Å². The highest BCUT2D eigenvalue weighted by molar-refractivity contribution is 5.88. The average molecular weight is 417 g/mol. The first kappa shape index (κ1) is 22.3. The molecular formula is C23H32N2O5. The molecule has 7 nitrogen and oxygen atoms in total. The van der Waals surface area contributed by atoms with Crippen LogP contribution < -0.4 is 5.32 Å². The average Bonchev–Trinajstić information content (AvgIpc) is 3.32. The van der Waals surface area contributed by atoms with Crippen molar-refractivity contribution in [3.63, 3.8) is 0 Å². The van der Waals surface area contributed by atoms with Crippen LogP contribution in [0.2, 0.25) is 0 Å². The third-order valence-corrected chi connectivity index (χ3v) is 6.33. The molecule has 1 aliphatic carbocycles. The third kappa shape index (κ3) is 5.01. The lowest BCUT2D eigenvalue weighted by Crippen LogP contribution is -2.55. The van der Waals surface area contributed by atoms with Crippen LogP contribution in [0.5, 0.6) is 0 Å². The second kappa shape index (κ2) is 10.1. The van der Waals surface area contributed by atoms with Gasteiger partial charge >= 0.3 is 11.9 Å². The lowest BCUT2D eigenvalue weighted by molar-refractivity contribution is -0.151. The summed E-state index contributed by atoms with van der Waals surface area (Å²) in [6.45, 7) is 3.72. The summed E-state index contributed by atoms with van der Waals surface area (Å²) in [5.74, 6) is -1.31. The second-order valence-electron chi connectivity index (χ2n) is 8.31. The number of carbonyl (C=O) groups is 3. The zero-order valence-electron chi connectivity index (χ0n) is 17.8. The SMILES string of the molecule is CCOC(=O)[C@@H](CCc1ccccc1)N[C@@H](C)C(=O)N1[C@@H]2CCC[C@@H]2C[C@H]1C(=O)O. The van der Waals surface area contributed by atoms with Crippen molar-refractivity contribution in [2.45, 2.75) is 76.5 Å². The van der Waals surface area contributed by atoms with Gasteiger partial charge in [-0.25, -0.2) is 4.79 Å². The molecule has 1 aliphatic heterocycles. The number of carboxylic acid groups (broad SMARTS) is 1. The topological polar surface area (TPSA) is 95.9 Å². The number of esters is 1. The molecule has 0 radical (unpaired) electrons. The molecule has 2 aliphatic rings. The number of aryl methyl sites for hydroxylation is 1. The van der Waals surface area contributed by atoms with E-state index in [4.69, 9.17) is 4.74 Å². The van der Waals surface area contributed by atoms with Gasteiger partial charge in [-0.05, 0) is 57.4 Å². The number of fused-ring (bicyclic) bond motifs is 1. The summed E-state index contributed by atoms with van der Waals surface area (Å²) in [5, 5.41) is 12.8. The van der Waals surface area contributed by atoms with Crippen molar-refractivity contribution in [1.29, 1.82) is 0 Å². The van der Waals surface area contributed by atoms with Crippen LogP contribution in [0, 0.1) is 5.92 Å². The van der Waals surface area contributed by atoms with Crippen molar-refractivity contribution in [2.75, 3.05) is 6.61 Å². The molecule has 5 atom stereocenters. The zero-order chi connectivity index (χ0) is 21.7. The third-order valence-electron chi connectivity index (χ3n) is 6.33. The Morgan fingerprint density at radius 3 is 2.63 bits per heavy atom. The van der Waals surface area contributed by atoms with Crippen LogP contribution in [-0.4, -0.2) is 58.6 Å². The number of benzene rings is 1. The Morgan fingerprint density at radius 1 is 1.23 bits per heavy atom. The van der Waals surface area contributed by atoms with Gasteiger partial charge in [-0.3, -0.25) is 14.9 Å². The number of ether oxygens (including phenoxy) is 1. The Kier molecular flexibility index (Phi) is 7.48. The minimum Gasteiger partial charge on any atom is -0.480 e. The first-order valence-electron chi connectivity index (χ1n) is 10.9. The standard InChI is InChI=1S/C23H32N2O5/c1-3-30-23(29)18(13-12-16-8-5-4-6-9-16)24-15(2)21(26)25-19-11-7-10-17(19)14-20(25)22(27)28/h4-6,8-9,15,17-20,24H,3,7,10-14H2,1-2H3,(H,27,28)/t15-,17+,18+,19+,20-/m0/s1. The van der Waals surface area contributed by atoms with Gasteiger partial charge in [0.25, 0.3) is 0 Å². The molecule has 7 heteroatoms. The maximum atomic E-state index is 13.2. The highest BCUT2D eigenvalue weighted by Gasteiger charge is 2.49. The molecule has 3 rings (SSSR count). The van der Waals surface area contributed by atoms with E-state index in [1.165, 1.54) is 0 Å². The molecule has 0 aromatic heterocycles. The van der Waals surface area contributed by atoms with Crippen LogP contribution in [0.4, 0.5) is 0 Å². The first-order valence-corrected chi connectivity index (χ1v) is 10.9. The van der Waals surface area contributed by atoms with Crippen molar-refractivity contribution in [2.24, 2.45) is 5.92 Å². The number of aliphatic carboxylic acids is 1. The van der Waals surface area contributed by atoms with Crippen molar-refractivity contribution < 1.29 is 24.2 Å². The molecule has 1 aromatic rings. The van der Waals surface area contributed by atoms with E-state index in [0.29, 0.717) is 19.3 Å². The highest BCUT2D eigenvalue weighted by Crippen LogP contribution is 2.41.